The lowest BCUT2D eigenvalue weighted by Crippen LogP contribution is -2.46. The van der Waals surface area contributed by atoms with Gasteiger partial charge in [-0.25, -0.2) is 0 Å². The number of hydrogen-bond acceptors (Lipinski definition) is 5. The number of carbonyl (C=O) groups is 2. The van der Waals surface area contributed by atoms with E-state index in [1.54, 1.807) is 0 Å². The molecule has 0 amide bonds. The molecule has 5 heteroatoms. The first-order valence-electron chi connectivity index (χ1n) is 11.2. The van der Waals surface area contributed by atoms with Crippen LogP contribution in [0.15, 0.2) is 12.2 Å². The summed E-state index contributed by atoms with van der Waals surface area (Å²) in [6, 6.07) is 0. The van der Waals surface area contributed by atoms with Crippen molar-refractivity contribution in [1.29, 1.82) is 0 Å². The summed E-state index contributed by atoms with van der Waals surface area (Å²) in [4.78, 5) is 27.0. The molecule has 156 valence electrons. The average molecular weight is 390 g/mol. The number of piperidine rings is 1. The molecule has 0 aromatic rings. The largest absolute Gasteiger partial charge is 0.466 e. The number of esters is 2. The van der Waals surface area contributed by atoms with Crippen molar-refractivity contribution in [1.82, 2.24) is 4.90 Å². The minimum absolute atomic E-state index is 0.00428. The Morgan fingerprint density at radius 1 is 1.36 bits per heavy atom. The molecule has 0 radical (unpaired) electrons. The van der Waals surface area contributed by atoms with Crippen molar-refractivity contribution in [2.24, 2.45) is 29.1 Å². The topological polar surface area (TPSA) is 55.8 Å². The molecular formula is C23H35NO4. The Balaban J connectivity index is 1.38. The Kier molecular flexibility index (Phi) is 5.56. The molecule has 5 nitrogen and oxygen atoms in total. The molecule has 4 fully saturated rings. The number of carbonyl (C=O) groups excluding carboxylic acids is 2. The van der Waals surface area contributed by atoms with Gasteiger partial charge in [0.05, 0.1) is 18.4 Å². The standard InChI is InChI=1S/C23H35NO4/c1-4-27-21(25)16-7-10-24(11-8-16)14-18-17-12-19-15(2)6-5-9-23(19,3)13-20(17)28-22(18)26/h16-20H,2,4-14H2,1,3H3/t17-,18-,19+,20-,23-/m1/s1. The number of hydrogen-bond donors (Lipinski definition) is 0. The molecule has 5 atom stereocenters. The number of ether oxygens (including phenoxy) is 2. The maximum absolute atomic E-state index is 12.7. The molecule has 0 unspecified atom stereocenters. The summed E-state index contributed by atoms with van der Waals surface area (Å²) in [7, 11) is 0. The van der Waals surface area contributed by atoms with Gasteiger partial charge in [-0.2, -0.15) is 0 Å². The molecule has 0 spiro atoms. The Labute approximate surface area is 168 Å². The summed E-state index contributed by atoms with van der Waals surface area (Å²) in [5, 5.41) is 0. The molecule has 4 rings (SSSR count). The molecule has 0 aromatic carbocycles. The van der Waals surface area contributed by atoms with Crippen LogP contribution in [0.5, 0.6) is 0 Å². The van der Waals surface area contributed by atoms with Gasteiger partial charge in [0.15, 0.2) is 0 Å². The zero-order valence-corrected chi connectivity index (χ0v) is 17.5. The van der Waals surface area contributed by atoms with E-state index >= 15 is 0 Å². The van der Waals surface area contributed by atoms with Crippen LogP contribution in [0.25, 0.3) is 0 Å². The van der Waals surface area contributed by atoms with Gasteiger partial charge in [-0.05, 0) is 76.3 Å². The predicted molar refractivity (Wildman–Crippen MR) is 106 cm³/mol. The van der Waals surface area contributed by atoms with Gasteiger partial charge in [0, 0.05) is 12.5 Å². The van der Waals surface area contributed by atoms with E-state index in [-0.39, 0.29) is 35.3 Å². The van der Waals surface area contributed by atoms with Crippen LogP contribution in [0.2, 0.25) is 0 Å². The summed E-state index contributed by atoms with van der Waals surface area (Å²) in [6.07, 6.45) is 7.36. The van der Waals surface area contributed by atoms with E-state index in [0.717, 1.165) is 51.7 Å². The third-order valence-corrected chi connectivity index (χ3v) is 7.98. The van der Waals surface area contributed by atoms with Crippen LogP contribution in [-0.2, 0) is 19.1 Å². The summed E-state index contributed by atoms with van der Waals surface area (Å²) in [6.45, 7) is 11.5. The lowest BCUT2D eigenvalue weighted by atomic mass is 9.55. The van der Waals surface area contributed by atoms with Crippen LogP contribution in [0.3, 0.4) is 0 Å². The number of likely N-dealkylation sites (tertiary alicyclic amines) is 1. The van der Waals surface area contributed by atoms with Gasteiger partial charge in [-0.1, -0.05) is 19.1 Å². The lowest BCUT2D eigenvalue weighted by molar-refractivity contribution is -0.150. The van der Waals surface area contributed by atoms with E-state index in [4.69, 9.17) is 9.47 Å². The van der Waals surface area contributed by atoms with Gasteiger partial charge >= 0.3 is 11.9 Å². The second-order valence-electron chi connectivity index (χ2n) is 9.73. The van der Waals surface area contributed by atoms with Gasteiger partial charge in [-0.3, -0.25) is 9.59 Å². The highest BCUT2D eigenvalue weighted by atomic mass is 16.6. The Morgan fingerprint density at radius 3 is 2.82 bits per heavy atom. The monoisotopic (exact) mass is 389 g/mol. The van der Waals surface area contributed by atoms with Gasteiger partial charge in [0.2, 0.25) is 0 Å². The molecule has 0 aromatic heterocycles. The van der Waals surface area contributed by atoms with E-state index in [1.165, 1.54) is 18.4 Å². The van der Waals surface area contributed by atoms with Crippen LogP contribution in [0.1, 0.15) is 58.8 Å². The Hall–Kier alpha value is -1.36. The minimum Gasteiger partial charge on any atom is -0.466 e. The van der Waals surface area contributed by atoms with E-state index in [1.807, 2.05) is 6.92 Å². The van der Waals surface area contributed by atoms with Crippen molar-refractivity contribution in [3.05, 3.63) is 12.2 Å². The molecule has 2 saturated heterocycles. The second-order valence-corrected chi connectivity index (χ2v) is 9.73. The van der Waals surface area contributed by atoms with E-state index in [9.17, 15) is 9.59 Å². The molecule has 28 heavy (non-hydrogen) atoms. The summed E-state index contributed by atoms with van der Waals surface area (Å²) >= 11 is 0. The van der Waals surface area contributed by atoms with Gasteiger partial charge < -0.3 is 14.4 Å². The normalized spacial score (nSPS) is 39.2. The fourth-order valence-corrected chi connectivity index (χ4v) is 6.35. The quantitative estimate of drug-likeness (QED) is 0.543. The molecule has 0 bridgehead atoms. The lowest BCUT2D eigenvalue weighted by Gasteiger charge is -2.50. The van der Waals surface area contributed by atoms with Crippen LogP contribution in [0.4, 0.5) is 0 Å². The maximum Gasteiger partial charge on any atom is 0.310 e. The summed E-state index contributed by atoms with van der Waals surface area (Å²) in [5.74, 6) is 0.779. The van der Waals surface area contributed by atoms with Crippen LogP contribution in [-0.4, -0.2) is 49.2 Å². The molecule has 4 aliphatic rings. The van der Waals surface area contributed by atoms with Crippen LogP contribution >= 0.6 is 0 Å². The summed E-state index contributed by atoms with van der Waals surface area (Å²) in [5.41, 5.74) is 1.64. The SMILES string of the molecule is C=C1CCC[C@]2(C)C[C@H]3OC(=O)[C@H](CN4CCC(C(=O)OCC)CC4)[C@H]3C[C@@H]12. The Bertz CT molecular complexity index is 639. The van der Waals surface area contributed by atoms with Crippen LogP contribution in [0, 0.1) is 29.1 Å². The van der Waals surface area contributed by atoms with Crippen molar-refractivity contribution in [3.63, 3.8) is 0 Å². The molecule has 0 N–H and O–H groups in total. The predicted octanol–water partition coefficient (Wildman–Crippen LogP) is 3.58. The maximum atomic E-state index is 12.7. The van der Waals surface area contributed by atoms with E-state index in [2.05, 4.69) is 18.4 Å². The fraction of sp³-hybridized carbons (Fsp3) is 0.826. The van der Waals surface area contributed by atoms with Crippen molar-refractivity contribution in [2.75, 3.05) is 26.2 Å². The third-order valence-electron chi connectivity index (χ3n) is 7.98. The van der Waals surface area contributed by atoms with Crippen LogP contribution < -0.4 is 0 Å². The van der Waals surface area contributed by atoms with E-state index in [0.29, 0.717) is 18.4 Å². The molecule has 2 heterocycles. The zero-order chi connectivity index (χ0) is 19.9. The molecule has 2 saturated carbocycles. The molecule has 2 aliphatic heterocycles. The van der Waals surface area contributed by atoms with Gasteiger partial charge in [-0.15, -0.1) is 0 Å². The minimum atomic E-state index is -0.0649. The van der Waals surface area contributed by atoms with Gasteiger partial charge in [0.1, 0.15) is 6.10 Å². The highest BCUT2D eigenvalue weighted by Crippen LogP contribution is 2.56. The average Bonchev–Trinajstić information content (AvgIpc) is 2.95. The number of fused-ring (bicyclic) bond motifs is 2. The number of allylic oxidation sites excluding steroid dienone is 1. The first-order chi connectivity index (χ1) is 13.4. The second kappa shape index (κ2) is 7.81. The number of nitrogens with zero attached hydrogens (tertiary/aromatic N) is 1. The molecular weight excluding hydrogens is 354 g/mol. The number of rotatable bonds is 4. The van der Waals surface area contributed by atoms with Gasteiger partial charge in [0.25, 0.3) is 0 Å². The Morgan fingerprint density at radius 2 is 2.11 bits per heavy atom. The first-order valence-corrected chi connectivity index (χ1v) is 11.2. The van der Waals surface area contributed by atoms with E-state index < -0.39 is 0 Å². The highest BCUT2D eigenvalue weighted by molar-refractivity contribution is 5.76. The molecule has 2 aliphatic carbocycles. The highest BCUT2D eigenvalue weighted by Gasteiger charge is 2.55. The van der Waals surface area contributed by atoms with Crippen molar-refractivity contribution >= 4 is 11.9 Å². The first kappa shape index (κ1) is 19.9. The summed E-state index contributed by atoms with van der Waals surface area (Å²) < 4.78 is 11.1. The third kappa shape index (κ3) is 3.62. The zero-order valence-electron chi connectivity index (χ0n) is 17.5. The van der Waals surface area contributed by atoms with Crippen molar-refractivity contribution in [3.8, 4) is 0 Å². The smallest absolute Gasteiger partial charge is 0.310 e. The van der Waals surface area contributed by atoms with Crippen molar-refractivity contribution in [2.45, 2.75) is 64.9 Å². The van der Waals surface area contributed by atoms with Crippen molar-refractivity contribution < 1.29 is 19.1 Å². The fourth-order valence-electron chi connectivity index (χ4n) is 6.35.